The van der Waals surface area contributed by atoms with Crippen LogP contribution in [-0.4, -0.2) is 27.5 Å². The van der Waals surface area contributed by atoms with Gasteiger partial charge in [-0.1, -0.05) is 18.5 Å². The van der Waals surface area contributed by atoms with Crippen molar-refractivity contribution in [3.63, 3.8) is 0 Å². The number of anilines is 2. The maximum absolute atomic E-state index is 6.00. The number of halogens is 1. The third-order valence-electron chi connectivity index (χ3n) is 2.16. The molecule has 96 valence electrons. The van der Waals surface area contributed by atoms with Crippen molar-refractivity contribution >= 4 is 35.1 Å². The van der Waals surface area contributed by atoms with Gasteiger partial charge in [0.15, 0.2) is 5.82 Å². The normalized spacial score (nSPS) is 12.2. The Morgan fingerprint density at radius 1 is 1.59 bits per heavy atom. The van der Waals surface area contributed by atoms with Gasteiger partial charge in [0.2, 0.25) is 5.95 Å². The van der Waals surface area contributed by atoms with E-state index in [1.54, 1.807) is 0 Å². The van der Waals surface area contributed by atoms with Gasteiger partial charge in [-0.05, 0) is 24.9 Å². The van der Waals surface area contributed by atoms with Crippen LogP contribution >= 0.6 is 23.4 Å². The van der Waals surface area contributed by atoms with E-state index < -0.39 is 0 Å². The molecule has 0 amide bonds. The number of hydrogen-bond donors (Lipinski definition) is 3. The molecule has 7 heteroatoms. The Bertz CT molecular complexity index is 349. The molecule has 0 bridgehead atoms. The summed E-state index contributed by atoms with van der Waals surface area (Å²) in [5, 5.41) is 3.75. The second-order valence-corrected chi connectivity index (χ2v) is 5.37. The standard InChI is InChI=1S/C10H18ClN5S/c1-3-17-5-4-7(2)14-9-8(11)6-13-10(15-9)16-12/h6-7H,3-5,12H2,1-2H3,(H2,13,14,15,16). The van der Waals surface area contributed by atoms with Crippen LogP contribution in [0, 0.1) is 0 Å². The van der Waals surface area contributed by atoms with Gasteiger partial charge in [-0.2, -0.15) is 16.7 Å². The van der Waals surface area contributed by atoms with Crippen molar-refractivity contribution in [2.45, 2.75) is 26.3 Å². The number of nitrogens with two attached hydrogens (primary N) is 1. The van der Waals surface area contributed by atoms with Crippen LogP contribution in [0.2, 0.25) is 5.02 Å². The fourth-order valence-electron chi connectivity index (χ4n) is 1.25. The zero-order valence-corrected chi connectivity index (χ0v) is 11.6. The van der Waals surface area contributed by atoms with Crippen molar-refractivity contribution in [3.05, 3.63) is 11.2 Å². The number of nitrogen functional groups attached to an aromatic ring is 1. The van der Waals surface area contributed by atoms with Crippen molar-refractivity contribution in [1.29, 1.82) is 0 Å². The summed E-state index contributed by atoms with van der Waals surface area (Å²) >= 11 is 7.92. The van der Waals surface area contributed by atoms with Crippen molar-refractivity contribution in [3.8, 4) is 0 Å². The van der Waals surface area contributed by atoms with Crippen LogP contribution in [0.1, 0.15) is 20.3 Å². The first kappa shape index (κ1) is 14.3. The number of aromatic nitrogens is 2. The quantitative estimate of drug-likeness (QED) is 0.403. The molecule has 1 aromatic heterocycles. The monoisotopic (exact) mass is 275 g/mol. The second kappa shape index (κ2) is 7.58. The maximum atomic E-state index is 6.00. The molecule has 0 aliphatic carbocycles. The molecule has 1 aromatic rings. The van der Waals surface area contributed by atoms with Crippen LogP contribution in [0.15, 0.2) is 6.20 Å². The third kappa shape index (κ3) is 4.97. The largest absolute Gasteiger partial charge is 0.366 e. The summed E-state index contributed by atoms with van der Waals surface area (Å²) < 4.78 is 0. The van der Waals surface area contributed by atoms with Crippen LogP contribution < -0.4 is 16.6 Å². The molecule has 0 radical (unpaired) electrons. The van der Waals surface area contributed by atoms with Gasteiger partial charge in [-0.25, -0.2) is 10.8 Å². The van der Waals surface area contributed by atoms with E-state index in [-0.39, 0.29) is 0 Å². The fraction of sp³-hybridized carbons (Fsp3) is 0.600. The Balaban J connectivity index is 2.54. The van der Waals surface area contributed by atoms with Crippen LogP contribution in [0.4, 0.5) is 11.8 Å². The van der Waals surface area contributed by atoms with E-state index in [1.165, 1.54) is 6.20 Å². The van der Waals surface area contributed by atoms with Crippen molar-refractivity contribution in [2.24, 2.45) is 5.84 Å². The highest BCUT2D eigenvalue weighted by atomic mass is 35.5. The molecule has 0 aliphatic rings. The summed E-state index contributed by atoms with van der Waals surface area (Å²) in [6.07, 6.45) is 2.59. The van der Waals surface area contributed by atoms with E-state index in [0.29, 0.717) is 22.8 Å². The lowest BCUT2D eigenvalue weighted by molar-refractivity contribution is 0.766. The Morgan fingerprint density at radius 2 is 2.35 bits per heavy atom. The Labute approximate surface area is 111 Å². The van der Waals surface area contributed by atoms with Gasteiger partial charge in [0.25, 0.3) is 0 Å². The van der Waals surface area contributed by atoms with Gasteiger partial charge in [0.1, 0.15) is 5.02 Å². The van der Waals surface area contributed by atoms with Gasteiger partial charge in [0, 0.05) is 6.04 Å². The van der Waals surface area contributed by atoms with Gasteiger partial charge in [0.05, 0.1) is 6.20 Å². The molecule has 0 saturated carbocycles. The predicted octanol–water partition coefficient (Wildman–Crippen LogP) is 2.36. The minimum absolute atomic E-state index is 0.312. The molecule has 5 nitrogen and oxygen atoms in total. The minimum Gasteiger partial charge on any atom is -0.366 e. The van der Waals surface area contributed by atoms with E-state index in [1.807, 2.05) is 11.8 Å². The van der Waals surface area contributed by atoms with E-state index in [2.05, 4.69) is 34.6 Å². The van der Waals surface area contributed by atoms with E-state index in [9.17, 15) is 0 Å². The summed E-state index contributed by atoms with van der Waals surface area (Å²) in [6.45, 7) is 4.26. The lowest BCUT2D eigenvalue weighted by Crippen LogP contribution is -2.18. The SMILES string of the molecule is CCSCCC(C)Nc1nc(NN)ncc1Cl. The van der Waals surface area contributed by atoms with Gasteiger partial charge in [-0.3, -0.25) is 5.43 Å². The Morgan fingerprint density at radius 3 is 3.00 bits per heavy atom. The van der Waals surface area contributed by atoms with E-state index in [0.717, 1.165) is 17.9 Å². The minimum atomic E-state index is 0.312. The van der Waals surface area contributed by atoms with Gasteiger partial charge < -0.3 is 5.32 Å². The summed E-state index contributed by atoms with van der Waals surface area (Å²) in [7, 11) is 0. The van der Waals surface area contributed by atoms with E-state index >= 15 is 0 Å². The van der Waals surface area contributed by atoms with Gasteiger partial charge in [-0.15, -0.1) is 0 Å². The topological polar surface area (TPSA) is 75.9 Å². The molecule has 0 saturated heterocycles. The Kier molecular flexibility index (Phi) is 6.39. The lowest BCUT2D eigenvalue weighted by atomic mass is 10.2. The number of rotatable bonds is 7. The summed E-state index contributed by atoms with van der Waals surface area (Å²) in [5.74, 6) is 8.48. The summed E-state index contributed by atoms with van der Waals surface area (Å²) in [5.41, 5.74) is 2.40. The first-order valence-corrected chi connectivity index (χ1v) is 7.04. The number of nitrogens with one attached hydrogen (secondary N) is 2. The predicted molar refractivity (Wildman–Crippen MR) is 75.6 cm³/mol. The van der Waals surface area contributed by atoms with Crippen molar-refractivity contribution < 1.29 is 0 Å². The first-order chi connectivity index (χ1) is 8.17. The molecule has 0 fully saturated rings. The first-order valence-electron chi connectivity index (χ1n) is 5.50. The molecule has 0 spiro atoms. The van der Waals surface area contributed by atoms with Crippen LogP contribution in [0.3, 0.4) is 0 Å². The number of thioether (sulfide) groups is 1. The van der Waals surface area contributed by atoms with Crippen LogP contribution in [-0.2, 0) is 0 Å². The fourth-order valence-corrected chi connectivity index (χ4v) is 2.20. The number of hydrogen-bond acceptors (Lipinski definition) is 6. The second-order valence-electron chi connectivity index (χ2n) is 3.57. The van der Waals surface area contributed by atoms with Crippen LogP contribution in [0.25, 0.3) is 0 Å². The zero-order valence-electron chi connectivity index (χ0n) is 10.0. The van der Waals surface area contributed by atoms with Crippen LogP contribution in [0.5, 0.6) is 0 Å². The smallest absolute Gasteiger partial charge is 0.239 e. The molecule has 0 aliphatic heterocycles. The molecular formula is C10H18ClN5S. The zero-order chi connectivity index (χ0) is 12.7. The molecule has 1 heterocycles. The van der Waals surface area contributed by atoms with Crippen molar-refractivity contribution in [1.82, 2.24) is 9.97 Å². The molecule has 17 heavy (non-hydrogen) atoms. The molecule has 1 atom stereocenters. The third-order valence-corrected chi connectivity index (χ3v) is 3.36. The highest BCUT2D eigenvalue weighted by Crippen LogP contribution is 2.20. The molecule has 1 rings (SSSR count). The van der Waals surface area contributed by atoms with Crippen molar-refractivity contribution in [2.75, 3.05) is 22.2 Å². The van der Waals surface area contributed by atoms with Gasteiger partial charge >= 0.3 is 0 Å². The highest BCUT2D eigenvalue weighted by molar-refractivity contribution is 7.99. The molecule has 1 unspecified atom stereocenters. The summed E-state index contributed by atoms with van der Waals surface area (Å²) in [6, 6.07) is 0.312. The lowest BCUT2D eigenvalue weighted by Gasteiger charge is -2.15. The Hall–Kier alpha value is -0.720. The number of nitrogens with zero attached hydrogens (tertiary/aromatic N) is 2. The highest BCUT2D eigenvalue weighted by Gasteiger charge is 2.08. The average molecular weight is 276 g/mol. The van der Waals surface area contributed by atoms with E-state index in [4.69, 9.17) is 17.4 Å². The average Bonchev–Trinajstić information content (AvgIpc) is 2.32. The number of hydrazine groups is 1. The summed E-state index contributed by atoms with van der Waals surface area (Å²) in [4.78, 5) is 8.08. The molecule has 4 N–H and O–H groups in total. The molecular weight excluding hydrogens is 258 g/mol. The molecule has 0 aromatic carbocycles. The maximum Gasteiger partial charge on any atom is 0.239 e.